The molecule has 4 nitrogen and oxygen atoms in total. The molecule has 0 saturated carbocycles. The zero-order chi connectivity index (χ0) is 24.4. The van der Waals surface area contributed by atoms with Gasteiger partial charge in [0, 0.05) is 40.6 Å². The summed E-state index contributed by atoms with van der Waals surface area (Å²) in [6.45, 7) is 0. The number of rotatable bonds is 6. The normalized spacial score (nSPS) is 11.3. The van der Waals surface area contributed by atoms with Gasteiger partial charge in [-0.15, -0.1) is 0 Å². The SMILES string of the molecule is COc1cc(C=NN(C)c2ccccc2)ccc1-c1c(-c2ccc(Br)cc2)n(C)c2ccccc12. The van der Waals surface area contributed by atoms with Gasteiger partial charge in [-0.05, 0) is 53.6 Å². The lowest BCUT2D eigenvalue weighted by molar-refractivity contribution is 0.416. The van der Waals surface area contributed by atoms with E-state index in [-0.39, 0.29) is 0 Å². The van der Waals surface area contributed by atoms with Crippen LogP contribution in [0.25, 0.3) is 33.3 Å². The predicted octanol–water partition coefficient (Wildman–Crippen LogP) is 7.75. The summed E-state index contributed by atoms with van der Waals surface area (Å²) >= 11 is 3.56. The summed E-state index contributed by atoms with van der Waals surface area (Å²) in [5, 5.41) is 7.66. The molecule has 0 fully saturated rings. The molecule has 0 radical (unpaired) electrons. The summed E-state index contributed by atoms with van der Waals surface area (Å²) in [4.78, 5) is 0. The highest BCUT2D eigenvalue weighted by Crippen LogP contribution is 2.44. The molecule has 0 N–H and O–H groups in total. The van der Waals surface area contributed by atoms with Gasteiger partial charge in [0.15, 0.2) is 0 Å². The lowest BCUT2D eigenvalue weighted by Crippen LogP contribution is -2.08. The van der Waals surface area contributed by atoms with Crippen LogP contribution < -0.4 is 9.75 Å². The minimum atomic E-state index is 0.811. The molecule has 5 rings (SSSR count). The van der Waals surface area contributed by atoms with Crippen LogP contribution in [0.4, 0.5) is 5.69 Å². The van der Waals surface area contributed by atoms with Crippen molar-refractivity contribution in [3.05, 3.63) is 107 Å². The molecule has 0 unspecified atom stereocenters. The van der Waals surface area contributed by atoms with Gasteiger partial charge < -0.3 is 9.30 Å². The Morgan fingerprint density at radius 2 is 1.60 bits per heavy atom. The van der Waals surface area contributed by atoms with E-state index in [2.05, 4.69) is 93.3 Å². The van der Waals surface area contributed by atoms with Crippen LogP contribution in [0.15, 0.2) is 107 Å². The average Bonchev–Trinajstić information content (AvgIpc) is 3.20. The summed E-state index contributed by atoms with van der Waals surface area (Å²) < 4.78 is 9.23. The summed E-state index contributed by atoms with van der Waals surface area (Å²) in [7, 11) is 5.79. The number of aromatic nitrogens is 1. The number of ether oxygens (including phenoxy) is 1. The van der Waals surface area contributed by atoms with E-state index in [1.807, 2.05) is 54.7 Å². The molecule has 0 aliphatic carbocycles. The van der Waals surface area contributed by atoms with Crippen molar-refractivity contribution in [2.24, 2.45) is 12.1 Å². The van der Waals surface area contributed by atoms with Crippen LogP contribution >= 0.6 is 15.9 Å². The topological polar surface area (TPSA) is 29.8 Å². The van der Waals surface area contributed by atoms with Crippen LogP contribution in [0.1, 0.15) is 5.56 Å². The predicted molar refractivity (Wildman–Crippen MR) is 150 cm³/mol. The maximum atomic E-state index is 5.91. The van der Waals surface area contributed by atoms with Gasteiger partial charge in [0.05, 0.1) is 24.7 Å². The van der Waals surface area contributed by atoms with Crippen molar-refractivity contribution in [1.29, 1.82) is 0 Å². The second kappa shape index (κ2) is 9.80. The van der Waals surface area contributed by atoms with Crippen molar-refractivity contribution in [2.45, 2.75) is 0 Å². The van der Waals surface area contributed by atoms with Crippen molar-refractivity contribution >= 4 is 38.7 Å². The van der Waals surface area contributed by atoms with Crippen LogP contribution in [0.5, 0.6) is 5.75 Å². The highest BCUT2D eigenvalue weighted by atomic mass is 79.9. The van der Waals surface area contributed by atoms with Crippen molar-refractivity contribution in [3.8, 4) is 28.1 Å². The Hall–Kier alpha value is -3.83. The first kappa shape index (κ1) is 22.9. The minimum absolute atomic E-state index is 0.811. The smallest absolute Gasteiger partial charge is 0.127 e. The summed E-state index contributed by atoms with van der Waals surface area (Å²) in [6, 6.07) is 33.3. The standard InChI is InChI=1S/C30H26BrN3O/c1-33-27-12-8-7-11-25(27)29(30(33)22-14-16-23(31)17-15-22)26-18-13-21(19-28(26)35-3)20-32-34(2)24-9-5-4-6-10-24/h4-20H,1-3H3. The number of fused-ring (bicyclic) bond motifs is 1. The number of nitrogens with zero attached hydrogens (tertiary/aromatic N) is 3. The lowest BCUT2D eigenvalue weighted by atomic mass is 9.96. The molecule has 0 aliphatic heterocycles. The highest BCUT2D eigenvalue weighted by Gasteiger charge is 2.21. The summed E-state index contributed by atoms with van der Waals surface area (Å²) in [5.74, 6) is 0.811. The van der Waals surface area contributed by atoms with Crippen LogP contribution in [-0.2, 0) is 7.05 Å². The molecule has 1 heterocycles. The van der Waals surface area contributed by atoms with Crippen molar-refractivity contribution in [1.82, 2.24) is 4.57 Å². The molecule has 1 aromatic heterocycles. The van der Waals surface area contributed by atoms with Gasteiger partial charge in [0.1, 0.15) is 5.75 Å². The van der Waals surface area contributed by atoms with E-state index in [0.717, 1.165) is 43.9 Å². The molecular weight excluding hydrogens is 498 g/mol. The van der Waals surface area contributed by atoms with E-state index in [1.165, 1.54) is 10.9 Å². The molecule has 4 aromatic carbocycles. The zero-order valence-electron chi connectivity index (χ0n) is 19.9. The van der Waals surface area contributed by atoms with Gasteiger partial charge in [0.2, 0.25) is 0 Å². The van der Waals surface area contributed by atoms with Gasteiger partial charge >= 0.3 is 0 Å². The first-order chi connectivity index (χ1) is 17.1. The molecule has 0 bridgehead atoms. The van der Waals surface area contributed by atoms with Crippen LogP contribution in [0, 0.1) is 0 Å². The molecule has 35 heavy (non-hydrogen) atoms. The van der Waals surface area contributed by atoms with Gasteiger partial charge in [-0.3, -0.25) is 5.01 Å². The number of hydrazone groups is 1. The quantitative estimate of drug-likeness (QED) is 0.168. The molecule has 0 atom stereocenters. The van der Waals surface area contributed by atoms with Gasteiger partial charge in [-0.2, -0.15) is 5.10 Å². The third-order valence-corrected chi connectivity index (χ3v) is 6.76. The van der Waals surface area contributed by atoms with Crippen molar-refractivity contribution in [3.63, 3.8) is 0 Å². The van der Waals surface area contributed by atoms with Crippen LogP contribution in [-0.4, -0.2) is 24.9 Å². The number of benzene rings is 4. The minimum Gasteiger partial charge on any atom is -0.496 e. The average molecular weight is 524 g/mol. The van der Waals surface area contributed by atoms with Crippen LogP contribution in [0.2, 0.25) is 0 Å². The molecule has 174 valence electrons. The van der Waals surface area contributed by atoms with Crippen molar-refractivity contribution in [2.75, 3.05) is 19.2 Å². The van der Waals surface area contributed by atoms with E-state index in [0.29, 0.717) is 0 Å². The zero-order valence-corrected chi connectivity index (χ0v) is 21.5. The Labute approximate surface area is 214 Å². The first-order valence-corrected chi connectivity index (χ1v) is 12.2. The van der Waals surface area contributed by atoms with Crippen LogP contribution in [0.3, 0.4) is 0 Å². The first-order valence-electron chi connectivity index (χ1n) is 11.4. The number of anilines is 1. The fraction of sp³-hybridized carbons (Fsp3) is 0.100. The van der Waals surface area contributed by atoms with E-state index in [9.17, 15) is 0 Å². The van der Waals surface area contributed by atoms with Crippen molar-refractivity contribution < 1.29 is 4.74 Å². The maximum Gasteiger partial charge on any atom is 0.127 e. The second-order valence-electron chi connectivity index (χ2n) is 8.37. The third-order valence-electron chi connectivity index (χ3n) is 6.23. The monoisotopic (exact) mass is 523 g/mol. The largest absolute Gasteiger partial charge is 0.496 e. The summed E-state index contributed by atoms with van der Waals surface area (Å²) in [6.07, 6.45) is 1.86. The Morgan fingerprint density at radius 3 is 2.34 bits per heavy atom. The van der Waals surface area contributed by atoms with Gasteiger partial charge in [-0.1, -0.05) is 70.5 Å². The number of para-hydroxylation sites is 2. The van der Waals surface area contributed by atoms with E-state index < -0.39 is 0 Å². The summed E-state index contributed by atoms with van der Waals surface area (Å²) in [5.41, 5.74) is 7.70. The van der Waals surface area contributed by atoms with E-state index in [4.69, 9.17) is 4.74 Å². The highest BCUT2D eigenvalue weighted by molar-refractivity contribution is 9.10. The Balaban J connectivity index is 1.61. The molecule has 5 aromatic rings. The van der Waals surface area contributed by atoms with Gasteiger partial charge in [0.25, 0.3) is 0 Å². The van der Waals surface area contributed by atoms with E-state index in [1.54, 1.807) is 7.11 Å². The fourth-order valence-corrected chi connectivity index (χ4v) is 4.73. The molecule has 0 amide bonds. The Morgan fingerprint density at radius 1 is 0.886 bits per heavy atom. The third kappa shape index (κ3) is 4.47. The second-order valence-corrected chi connectivity index (χ2v) is 9.29. The Kier molecular flexibility index (Phi) is 6.43. The van der Waals surface area contributed by atoms with Gasteiger partial charge in [-0.25, -0.2) is 0 Å². The fourth-order valence-electron chi connectivity index (χ4n) is 4.47. The maximum absolute atomic E-state index is 5.91. The lowest BCUT2D eigenvalue weighted by Gasteiger charge is -2.14. The Bertz CT molecular complexity index is 1500. The van der Waals surface area contributed by atoms with E-state index >= 15 is 0 Å². The molecule has 0 saturated heterocycles. The molecule has 0 aliphatic rings. The number of methoxy groups -OCH3 is 1. The molecular formula is C30H26BrN3O. The number of hydrogen-bond acceptors (Lipinski definition) is 3. The molecule has 5 heteroatoms. The number of aryl methyl sites for hydroxylation is 1. The number of halogens is 1. The molecule has 0 spiro atoms. The number of hydrogen-bond donors (Lipinski definition) is 0.